The van der Waals surface area contributed by atoms with Crippen LogP contribution in [0.25, 0.3) is 0 Å². The van der Waals surface area contributed by atoms with Gasteiger partial charge in [0, 0.05) is 18.3 Å². The van der Waals surface area contributed by atoms with Crippen molar-refractivity contribution in [3.05, 3.63) is 53.4 Å². The van der Waals surface area contributed by atoms with E-state index in [1.807, 2.05) is 6.92 Å². The van der Waals surface area contributed by atoms with Crippen molar-refractivity contribution in [2.75, 3.05) is 5.32 Å². The fourth-order valence-corrected chi connectivity index (χ4v) is 2.48. The molecule has 0 bridgehead atoms. The Hall–Kier alpha value is -2.83. The molecule has 118 valence electrons. The Bertz CT molecular complexity index is 761. The summed E-state index contributed by atoms with van der Waals surface area (Å²) in [6.45, 7) is 2.05. The van der Waals surface area contributed by atoms with Gasteiger partial charge in [-0.25, -0.2) is 4.39 Å². The lowest BCUT2D eigenvalue weighted by molar-refractivity contribution is -0.126. The Morgan fingerprint density at radius 2 is 2.22 bits per heavy atom. The van der Waals surface area contributed by atoms with E-state index in [-0.39, 0.29) is 24.8 Å². The normalized spacial score (nSPS) is 16.4. The van der Waals surface area contributed by atoms with Gasteiger partial charge in [-0.1, -0.05) is 6.07 Å². The summed E-state index contributed by atoms with van der Waals surface area (Å²) < 4.78 is 13.3. The largest absolute Gasteiger partial charge is 0.350 e. The highest BCUT2D eigenvalue weighted by Gasteiger charge is 2.30. The summed E-state index contributed by atoms with van der Waals surface area (Å²) in [7, 11) is 0. The predicted octanol–water partition coefficient (Wildman–Crippen LogP) is 1.67. The number of rotatable bonds is 3. The molecular formula is C16H15FN4O2. The van der Waals surface area contributed by atoms with E-state index in [4.69, 9.17) is 0 Å². The van der Waals surface area contributed by atoms with Crippen molar-refractivity contribution in [1.82, 2.24) is 15.3 Å². The number of carbonyl (C=O) groups is 2. The van der Waals surface area contributed by atoms with Gasteiger partial charge in [0.15, 0.2) is 0 Å². The standard InChI is InChI=1S/C16H15FN4O2/c1-9-6-19-11(7-18-9)8-20-16(23)13-5-15(22)21-14-4-10(17)2-3-12(13)14/h2-4,6-7,13H,5,8H2,1H3,(H,20,23)(H,21,22)/t13-/m0/s1. The maximum Gasteiger partial charge on any atom is 0.228 e. The van der Waals surface area contributed by atoms with Gasteiger partial charge in [-0.15, -0.1) is 0 Å². The van der Waals surface area contributed by atoms with Crippen LogP contribution in [0.4, 0.5) is 10.1 Å². The predicted molar refractivity (Wildman–Crippen MR) is 81.0 cm³/mol. The molecule has 0 fully saturated rings. The van der Waals surface area contributed by atoms with E-state index in [1.165, 1.54) is 18.2 Å². The summed E-state index contributed by atoms with van der Waals surface area (Å²) in [5.74, 6) is -1.70. The van der Waals surface area contributed by atoms with Crippen molar-refractivity contribution in [2.24, 2.45) is 0 Å². The highest BCUT2D eigenvalue weighted by Crippen LogP contribution is 2.32. The van der Waals surface area contributed by atoms with Crippen LogP contribution < -0.4 is 10.6 Å². The SMILES string of the molecule is Cc1cnc(CNC(=O)[C@H]2CC(=O)Nc3cc(F)ccc32)cn1. The number of nitrogens with one attached hydrogen (secondary N) is 2. The van der Waals surface area contributed by atoms with Crippen LogP contribution in [0.1, 0.15) is 29.3 Å². The first-order valence-electron chi connectivity index (χ1n) is 7.17. The molecule has 23 heavy (non-hydrogen) atoms. The first-order valence-corrected chi connectivity index (χ1v) is 7.17. The van der Waals surface area contributed by atoms with Crippen LogP contribution in [0.15, 0.2) is 30.6 Å². The molecule has 1 aliphatic heterocycles. The van der Waals surface area contributed by atoms with E-state index in [2.05, 4.69) is 20.6 Å². The van der Waals surface area contributed by atoms with E-state index in [0.29, 0.717) is 16.9 Å². The number of hydrogen-bond donors (Lipinski definition) is 2. The summed E-state index contributed by atoms with van der Waals surface area (Å²) in [5.41, 5.74) is 2.37. The molecule has 6 nitrogen and oxygen atoms in total. The maximum absolute atomic E-state index is 13.3. The number of fused-ring (bicyclic) bond motifs is 1. The molecule has 1 atom stereocenters. The minimum Gasteiger partial charge on any atom is -0.350 e. The highest BCUT2D eigenvalue weighted by molar-refractivity contribution is 6.01. The van der Waals surface area contributed by atoms with Gasteiger partial charge < -0.3 is 10.6 Å². The zero-order valence-corrected chi connectivity index (χ0v) is 12.5. The molecule has 0 radical (unpaired) electrons. The third-order valence-corrected chi connectivity index (χ3v) is 3.65. The van der Waals surface area contributed by atoms with E-state index >= 15 is 0 Å². The molecule has 2 amide bonds. The molecule has 1 aromatic carbocycles. The number of anilines is 1. The lowest BCUT2D eigenvalue weighted by atomic mass is 9.89. The quantitative estimate of drug-likeness (QED) is 0.902. The van der Waals surface area contributed by atoms with Crippen LogP contribution in [0.5, 0.6) is 0 Å². The van der Waals surface area contributed by atoms with E-state index in [9.17, 15) is 14.0 Å². The van der Waals surface area contributed by atoms with Crippen LogP contribution in [-0.4, -0.2) is 21.8 Å². The Balaban J connectivity index is 1.74. The number of carbonyl (C=O) groups excluding carboxylic acids is 2. The topological polar surface area (TPSA) is 84.0 Å². The van der Waals surface area contributed by atoms with Crippen LogP contribution >= 0.6 is 0 Å². The van der Waals surface area contributed by atoms with Crippen molar-refractivity contribution in [3.63, 3.8) is 0 Å². The second kappa shape index (κ2) is 6.12. The third kappa shape index (κ3) is 3.33. The zero-order valence-electron chi connectivity index (χ0n) is 12.5. The average molecular weight is 314 g/mol. The van der Waals surface area contributed by atoms with Crippen molar-refractivity contribution in [3.8, 4) is 0 Å². The Kier molecular flexibility index (Phi) is 4.01. The van der Waals surface area contributed by atoms with Gasteiger partial charge in [0.1, 0.15) is 5.82 Å². The number of halogens is 1. The fraction of sp³-hybridized carbons (Fsp3) is 0.250. The molecule has 2 heterocycles. The first kappa shape index (κ1) is 15.1. The Labute approximate surface area is 132 Å². The Morgan fingerprint density at radius 3 is 2.96 bits per heavy atom. The number of hydrogen-bond acceptors (Lipinski definition) is 4. The van der Waals surface area contributed by atoms with Crippen molar-refractivity contribution >= 4 is 17.5 Å². The molecule has 7 heteroatoms. The Morgan fingerprint density at radius 1 is 1.39 bits per heavy atom. The monoisotopic (exact) mass is 314 g/mol. The second-order valence-electron chi connectivity index (χ2n) is 5.40. The molecule has 0 spiro atoms. The fourth-order valence-electron chi connectivity index (χ4n) is 2.48. The molecule has 1 aliphatic rings. The smallest absolute Gasteiger partial charge is 0.228 e. The van der Waals surface area contributed by atoms with Gasteiger partial charge in [0.2, 0.25) is 11.8 Å². The second-order valence-corrected chi connectivity index (χ2v) is 5.40. The third-order valence-electron chi connectivity index (χ3n) is 3.65. The number of benzene rings is 1. The first-order chi connectivity index (χ1) is 11.0. The van der Waals surface area contributed by atoms with Crippen molar-refractivity contribution in [2.45, 2.75) is 25.8 Å². The number of nitrogens with zero attached hydrogens (tertiary/aromatic N) is 2. The molecule has 2 aromatic rings. The van der Waals surface area contributed by atoms with Crippen LogP contribution in [0.2, 0.25) is 0 Å². The molecular weight excluding hydrogens is 299 g/mol. The molecule has 0 saturated carbocycles. The van der Waals surface area contributed by atoms with Gasteiger partial charge in [-0.2, -0.15) is 0 Å². The summed E-state index contributed by atoms with van der Waals surface area (Å²) >= 11 is 0. The molecule has 2 N–H and O–H groups in total. The van der Waals surface area contributed by atoms with Gasteiger partial charge in [0.05, 0.1) is 30.0 Å². The maximum atomic E-state index is 13.3. The van der Waals surface area contributed by atoms with Crippen LogP contribution in [-0.2, 0) is 16.1 Å². The van der Waals surface area contributed by atoms with E-state index in [1.54, 1.807) is 12.4 Å². The number of aryl methyl sites for hydroxylation is 1. The summed E-state index contributed by atoms with van der Waals surface area (Å²) in [4.78, 5) is 32.4. The molecule has 3 rings (SSSR count). The van der Waals surface area contributed by atoms with Crippen LogP contribution in [0.3, 0.4) is 0 Å². The van der Waals surface area contributed by atoms with Gasteiger partial charge >= 0.3 is 0 Å². The van der Waals surface area contributed by atoms with E-state index in [0.717, 1.165) is 5.69 Å². The van der Waals surface area contributed by atoms with E-state index < -0.39 is 11.7 Å². The van der Waals surface area contributed by atoms with Gasteiger partial charge in [0.25, 0.3) is 0 Å². The lowest BCUT2D eigenvalue weighted by Crippen LogP contribution is -2.35. The van der Waals surface area contributed by atoms with Crippen molar-refractivity contribution in [1.29, 1.82) is 0 Å². The molecule has 0 unspecified atom stereocenters. The summed E-state index contributed by atoms with van der Waals surface area (Å²) in [6, 6.07) is 4.03. The summed E-state index contributed by atoms with van der Waals surface area (Å²) in [5, 5.41) is 5.33. The van der Waals surface area contributed by atoms with Gasteiger partial charge in [-0.05, 0) is 24.6 Å². The summed E-state index contributed by atoms with van der Waals surface area (Å²) in [6.07, 6.45) is 3.24. The van der Waals surface area contributed by atoms with Crippen molar-refractivity contribution < 1.29 is 14.0 Å². The average Bonchev–Trinajstić information content (AvgIpc) is 2.52. The zero-order chi connectivity index (χ0) is 16.4. The van der Waals surface area contributed by atoms with Crippen LogP contribution in [0, 0.1) is 12.7 Å². The number of amides is 2. The van der Waals surface area contributed by atoms with Gasteiger partial charge in [-0.3, -0.25) is 19.6 Å². The molecule has 1 aromatic heterocycles. The molecule has 0 aliphatic carbocycles. The lowest BCUT2D eigenvalue weighted by Gasteiger charge is -2.24. The number of aromatic nitrogens is 2. The molecule has 0 saturated heterocycles. The highest BCUT2D eigenvalue weighted by atomic mass is 19.1. The minimum atomic E-state index is -0.641. The minimum absolute atomic E-state index is 0.0318.